The molecule has 0 spiro atoms. The van der Waals surface area contributed by atoms with Crippen molar-refractivity contribution in [2.45, 2.75) is 19.4 Å². The fourth-order valence-electron chi connectivity index (χ4n) is 1.85. The van der Waals surface area contributed by atoms with Gasteiger partial charge < -0.3 is 10.0 Å². The number of amides is 1. The second kappa shape index (κ2) is 3.71. The van der Waals surface area contributed by atoms with Crippen molar-refractivity contribution in [3.8, 4) is 0 Å². The van der Waals surface area contributed by atoms with Gasteiger partial charge in [-0.05, 0) is 26.0 Å². The monoisotopic (exact) mass is 240 g/mol. The molecule has 2 rings (SSSR count). The summed E-state index contributed by atoms with van der Waals surface area (Å²) in [5, 5.41) is 9.87. The van der Waals surface area contributed by atoms with Crippen molar-refractivity contribution in [3.63, 3.8) is 0 Å². The molecule has 0 aromatic carbocycles. The van der Waals surface area contributed by atoms with E-state index in [-0.39, 0.29) is 5.91 Å². The van der Waals surface area contributed by atoms with Crippen molar-refractivity contribution in [2.75, 3.05) is 13.1 Å². The van der Waals surface area contributed by atoms with Crippen LogP contribution in [0.25, 0.3) is 0 Å². The Labute approximate surface area is 98.9 Å². The van der Waals surface area contributed by atoms with Crippen molar-refractivity contribution < 1.29 is 9.90 Å². The number of β-amino-alcohol motifs (C(OH)–C–C–N with tert-alkyl or cyclic N) is 1. The molecule has 4 nitrogen and oxygen atoms in total. The molecule has 5 heteroatoms. The molecular formula is C11H13ClN2O2. The number of aromatic nitrogens is 1. The van der Waals surface area contributed by atoms with E-state index in [2.05, 4.69) is 4.98 Å². The molecule has 1 aliphatic heterocycles. The third-order valence-corrected chi connectivity index (χ3v) is 2.71. The van der Waals surface area contributed by atoms with Crippen LogP contribution in [-0.4, -0.2) is 39.6 Å². The lowest BCUT2D eigenvalue weighted by Crippen LogP contribution is -2.61. The molecule has 0 radical (unpaired) electrons. The predicted molar refractivity (Wildman–Crippen MR) is 60.5 cm³/mol. The summed E-state index contributed by atoms with van der Waals surface area (Å²) in [6.45, 7) is 4.23. The molecule has 1 aliphatic rings. The van der Waals surface area contributed by atoms with E-state index in [4.69, 9.17) is 11.6 Å². The van der Waals surface area contributed by atoms with Crippen LogP contribution >= 0.6 is 11.6 Å². The van der Waals surface area contributed by atoms with Crippen LogP contribution in [-0.2, 0) is 0 Å². The van der Waals surface area contributed by atoms with Crippen LogP contribution in [0.2, 0.25) is 5.15 Å². The Morgan fingerprint density at radius 3 is 2.69 bits per heavy atom. The Morgan fingerprint density at radius 2 is 2.19 bits per heavy atom. The van der Waals surface area contributed by atoms with Crippen molar-refractivity contribution in [1.29, 1.82) is 0 Å². The lowest BCUT2D eigenvalue weighted by Gasteiger charge is -2.44. The molecular weight excluding hydrogens is 228 g/mol. The van der Waals surface area contributed by atoms with E-state index < -0.39 is 5.60 Å². The van der Waals surface area contributed by atoms with Gasteiger partial charge in [-0.15, -0.1) is 0 Å². The van der Waals surface area contributed by atoms with Crippen LogP contribution in [0.4, 0.5) is 0 Å². The van der Waals surface area contributed by atoms with E-state index in [1.165, 1.54) is 0 Å². The average Bonchev–Trinajstić information content (AvgIpc) is 2.11. The van der Waals surface area contributed by atoms with Gasteiger partial charge in [0.25, 0.3) is 5.91 Å². The summed E-state index contributed by atoms with van der Waals surface area (Å²) in [5.41, 5.74) is 0.484. The molecule has 1 aromatic rings. The van der Waals surface area contributed by atoms with Gasteiger partial charge in [0.1, 0.15) is 5.15 Å². The number of pyridine rings is 1. The van der Waals surface area contributed by atoms with Gasteiger partial charge in [-0.25, -0.2) is 4.98 Å². The zero-order valence-corrected chi connectivity index (χ0v) is 9.95. The zero-order valence-electron chi connectivity index (χ0n) is 9.20. The van der Waals surface area contributed by atoms with Crippen LogP contribution < -0.4 is 0 Å². The van der Waals surface area contributed by atoms with Gasteiger partial charge in [-0.3, -0.25) is 4.79 Å². The first-order chi connectivity index (χ1) is 7.37. The molecule has 16 heavy (non-hydrogen) atoms. The number of rotatable bonds is 1. The summed E-state index contributed by atoms with van der Waals surface area (Å²) in [4.78, 5) is 17.5. The summed E-state index contributed by atoms with van der Waals surface area (Å²) in [5.74, 6) is -0.112. The average molecular weight is 241 g/mol. The number of likely N-dealkylation sites (tertiary alicyclic amines) is 1. The maximum atomic E-state index is 11.9. The number of aliphatic hydroxyl groups is 1. The molecule has 0 bridgehead atoms. The van der Waals surface area contributed by atoms with Crippen LogP contribution in [0.3, 0.4) is 0 Å². The molecule has 0 unspecified atom stereocenters. The Kier molecular flexibility index (Phi) is 2.64. The quantitative estimate of drug-likeness (QED) is 0.752. The SMILES string of the molecule is Cc1cc(C(=O)N2CC(C)(O)C2)cc(Cl)n1. The number of halogens is 1. The normalized spacial score (nSPS) is 18.1. The van der Waals surface area contributed by atoms with Crippen molar-refractivity contribution >= 4 is 17.5 Å². The summed E-state index contributed by atoms with van der Waals surface area (Å²) < 4.78 is 0. The first-order valence-electron chi connectivity index (χ1n) is 5.03. The molecule has 1 aromatic heterocycles. The molecule has 0 aliphatic carbocycles. The van der Waals surface area contributed by atoms with E-state index in [0.29, 0.717) is 29.5 Å². The molecule has 0 saturated carbocycles. The van der Waals surface area contributed by atoms with E-state index >= 15 is 0 Å². The van der Waals surface area contributed by atoms with Crippen LogP contribution in [0.1, 0.15) is 23.0 Å². The Bertz CT molecular complexity index is 417. The number of hydrogen-bond donors (Lipinski definition) is 1. The zero-order chi connectivity index (χ0) is 11.9. The minimum atomic E-state index is -0.748. The lowest BCUT2D eigenvalue weighted by atomic mass is 9.96. The number of carbonyl (C=O) groups excluding carboxylic acids is 1. The summed E-state index contributed by atoms with van der Waals surface area (Å²) in [7, 11) is 0. The molecule has 1 saturated heterocycles. The molecule has 1 N–H and O–H groups in total. The highest BCUT2D eigenvalue weighted by molar-refractivity contribution is 6.29. The summed E-state index contributed by atoms with van der Waals surface area (Å²) in [6, 6.07) is 3.24. The van der Waals surface area contributed by atoms with Gasteiger partial charge in [0.15, 0.2) is 0 Å². The minimum Gasteiger partial charge on any atom is -0.386 e. The summed E-state index contributed by atoms with van der Waals surface area (Å²) >= 11 is 5.78. The van der Waals surface area contributed by atoms with Crippen molar-refractivity contribution in [1.82, 2.24) is 9.88 Å². The number of carbonyl (C=O) groups is 1. The van der Waals surface area contributed by atoms with Gasteiger partial charge in [0.2, 0.25) is 0 Å². The molecule has 2 heterocycles. The number of aryl methyl sites for hydroxylation is 1. The van der Waals surface area contributed by atoms with E-state index in [1.54, 1.807) is 30.9 Å². The maximum Gasteiger partial charge on any atom is 0.254 e. The fraction of sp³-hybridized carbons (Fsp3) is 0.455. The first-order valence-corrected chi connectivity index (χ1v) is 5.41. The largest absolute Gasteiger partial charge is 0.386 e. The van der Waals surface area contributed by atoms with Gasteiger partial charge >= 0.3 is 0 Å². The van der Waals surface area contributed by atoms with E-state index in [9.17, 15) is 9.90 Å². The smallest absolute Gasteiger partial charge is 0.254 e. The van der Waals surface area contributed by atoms with Crippen LogP contribution in [0.15, 0.2) is 12.1 Å². The van der Waals surface area contributed by atoms with Crippen LogP contribution in [0.5, 0.6) is 0 Å². The van der Waals surface area contributed by atoms with Crippen molar-refractivity contribution in [3.05, 3.63) is 28.5 Å². The highest BCUT2D eigenvalue weighted by Gasteiger charge is 2.39. The Morgan fingerprint density at radius 1 is 1.56 bits per heavy atom. The number of hydrogen-bond acceptors (Lipinski definition) is 3. The molecule has 86 valence electrons. The van der Waals surface area contributed by atoms with E-state index in [1.807, 2.05) is 0 Å². The highest BCUT2D eigenvalue weighted by atomic mass is 35.5. The molecule has 1 fully saturated rings. The van der Waals surface area contributed by atoms with E-state index in [0.717, 1.165) is 0 Å². The topological polar surface area (TPSA) is 53.4 Å². The standard InChI is InChI=1S/C11H13ClN2O2/c1-7-3-8(4-9(12)13-7)10(15)14-5-11(2,16)6-14/h3-4,16H,5-6H2,1-2H3. The third-order valence-electron chi connectivity index (χ3n) is 2.52. The Balaban J connectivity index is 2.16. The summed E-state index contributed by atoms with van der Waals surface area (Å²) in [6.07, 6.45) is 0. The minimum absolute atomic E-state index is 0.112. The lowest BCUT2D eigenvalue weighted by molar-refractivity contribution is -0.0668. The Hall–Kier alpha value is -1.13. The second-order valence-corrected chi connectivity index (χ2v) is 4.87. The number of nitrogens with zero attached hydrogens (tertiary/aromatic N) is 2. The maximum absolute atomic E-state index is 11.9. The molecule has 0 atom stereocenters. The van der Waals surface area contributed by atoms with Gasteiger partial charge in [0.05, 0.1) is 18.7 Å². The molecule has 1 amide bonds. The van der Waals surface area contributed by atoms with Crippen molar-refractivity contribution in [2.24, 2.45) is 0 Å². The third kappa shape index (κ3) is 2.18. The van der Waals surface area contributed by atoms with Gasteiger partial charge in [-0.2, -0.15) is 0 Å². The fourth-order valence-corrected chi connectivity index (χ4v) is 2.10. The van der Waals surface area contributed by atoms with Crippen LogP contribution in [0, 0.1) is 6.92 Å². The van der Waals surface area contributed by atoms with Gasteiger partial charge in [0, 0.05) is 11.3 Å². The highest BCUT2D eigenvalue weighted by Crippen LogP contribution is 2.23. The van der Waals surface area contributed by atoms with Gasteiger partial charge in [-0.1, -0.05) is 11.6 Å². The predicted octanol–water partition coefficient (Wildman–Crippen LogP) is 1.25. The second-order valence-electron chi connectivity index (χ2n) is 4.48. The first kappa shape index (κ1) is 11.4.